The minimum atomic E-state index is -0.254. The first-order valence-corrected chi connectivity index (χ1v) is 4.07. The van der Waals surface area contributed by atoms with Gasteiger partial charge in [-0.15, -0.1) is 0 Å². The summed E-state index contributed by atoms with van der Waals surface area (Å²) in [5.74, 6) is 0.241. The summed E-state index contributed by atoms with van der Waals surface area (Å²) in [6.45, 7) is 7.86. The molecule has 0 spiro atoms. The van der Waals surface area contributed by atoms with Crippen LogP contribution in [-0.4, -0.2) is 11.2 Å². The highest BCUT2D eigenvalue weighted by Gasteiger charge is 2.02. The van der Waals surface area contributed by atoms with Crippen LogP contribution in [0.5, 0.6) is 0 Å². The minimum absolute atomic E-state index is 0.241. The van der Waals surface area contributed by atoms with E-state index in [9.17, 15) is 0 Å². The second-order valence-corrected chi connectivity index (χ2v) is 2.99. The summed E-state index contributed by atoms with van der Waals surface area (Å²) < 4.78 is 0. The van der Waals surface area contributed by atoms with Gasteiger partial charge in [0.25, 0.3) is 0 Å². The Balaban J connectivity index is 3.93. The van der Waals surface area contributed by atoms with Gasteiger partial charge in [-0.1, -0.05) is 30.7 Å². The largest absolute Gasteiger partial charge is 0.393 e. The molecular formula is C10H18O. The van der Waals surface area contributed by atoms with E-state index in [0.29, 0.717) is 0 Å². The Morgan fingerprint density at radius 1 is 1.36 bits per heavy atom. The second kappa shape index (κ2) is 5.14. The lowest BCUT2D eigenvalue weighted by Crippen LogP contribution is -2.09. The lowest BCUT2D eigenvalue weighted by molar-refractivity contribution is 0.157. The van der Waals surface area contributed by atoms with Crippen molar-refractivity contribution in [3.05, 3.63) is 23.8 Å². The molecule has 64 valence electrons. The van der Waals surface area contributed by atoms with Gasteiger partial charge in [-0.05, 0) is 26.7 Å². The van der Waals surface area contributed by atoms with Crippen LogP contribution in [-0.2, 0) is 0 Å². The molecule has 0 rings (SSSR count). The number of rotatable bonds is 3. The molecule has 0 unspecified atom stereocenters. The van der Waals surface area contributed by atoms with Crippen molar-refractivity contribution in [2.75, 3.05) is 0 Å². The van der Waals surface area contributed by atoms with E-state index in [-0.39, 0.29) is 12.0 Å². The van der Waals surface area contributed by atoms with Gasteiger partial charge >= 0.3 is 0 Å². The third-order valence-electron chi connectivity index (χ3n) is 1.88. The van der Waals surface area contributed by atoms with Gasteiger partial charge < -0.3 is 5.11 Å². The van der Waals surface area contributed by atoms with Gasteiger partial charge in [-0.2, -0.15) is 0 Å². The fourth-order valence-electron chi connectivity index (χ4n) is 0.561. The fraction of sp³-hybridized carbons (Fsp3) is 0.600. The Bertz CT molecular complexity index is 154. The summed E-state index contributed by atoms with van der Waals surface area (Å²) >= 11 is 0. The predicted molar refractivity (Wildman–Crippen MR) is 49.4 cm³/mol. The van der Waals surface area contributed by atoms with Crippen LogP contribution >= 0.6 is 0 Å². The number of hydrogen-bond donors (Lipinski definition) is 1. The lowest BCUT2D eigenvalue weighted by Gasteiger charge is -2.08. The minimum Gasteiger partial charge on any atom is -0.393 e. The second-order valence-electron chi connectivity index (χ2n) is 2.99. The summed E-state index contributed by atoms with van der Waals surface area (Å²) in [4.78, 5) is 0. The van der Waals surface area contributed by atoms with Crippen molar-refractivity contribution in [3.8, 4) is 0 Å². The molecule has 0 bridgehead atoms. The van der Waals surface area contributed by atoms with Gasteiger partial charge in [0.15, 0.2) is 0 Å². The van der Waals surface area contributed by atoms with Crippen LogP contribution in [0.25, 0.3) is 0 Å². The van der Waals surface area contributed by atoms with Gasteiger partial charge in [-0.3, -0.25) is 0 Å². The highest BCUT2D eigenvalue weighted by Crippen LogP contribution is 2.05. The zero-order chi connectivity index (χ0) is 8.85. The zero-order valence-corrected chi connectivity index (χ0v) is 7.83. The molecule has 0 amide bonds. The maximum Gasteiger partial charge on any atom is 0.0572 e. The van der Waals surface area contributed by atoms with E-state index >= 15 is 0 Å². The molecular weight excluding hydrogens is 136 g/mol. The number of aliphatic hydroxyl groups is 1. The Hall–Kier alpha value is -0.560. The number of aliphatic hydroxyl groups excluding tert-OH is 1. The monoisotopic (exact) mass is 154 g/mol. The molecule has 0 aromatic rings. The molecule has 11 heavy (non-hydrogen) atoms. The molecule has 2 atom stereocenters. The summed E-state index contributed by atoms with van der Waals surface area (Å²) in [5.41, 5.74) is 1.23. The first-order valence-electron chi connectivity index (χ1n) is 4.07. The Labute approximate surface area is 69.4 Å². The van der Waals surface area contributed by atoms with Crippen molar-refractivity contribution in [1.82, 2.24) is 0 Å². The van der Waals surface area contributed by atoms with E-state index in [2.05, 4.69) is 0 Å². The first kappa shape index (κ1) is 10.4. The van der Waals surface area contributed by atoms with E-state index < -0.39 is 0 Å². The third kappa shape index (κ3) is 4.79. The highest BCUT2D eigenvalue weighted by molar-refractivity contribution is 5.15. The van der Waals surface area contributed by atoms with Crippen LogP contribution in [0.2, 0.25) is 0 Å². The van der Waals surface area contributed by atoms with Crippen LogP contribution < -0.4 is 0 Å². The molecule has 0 aromatic heterocycles. The zero-order valence-electron chi connectivity index (χ0n) is 7.83. The maximum absolute atomic E-state index is 9.14. The predicted octanol–water partition coefficient (Wildman–Crippen LogP) is 2.53. The molecule has 0 saturated heterocycles. The summed E-state index contributed by atoms with van der Waals surface area (Å²) in [6, 6.07) is 0. The van der Waals surface area contributed by atoms with E-state index in [0.717, 1.165) is 0 Å². The maximum atomic E-state index is 9.14. The normalized spacial score (nSPS) is 18.8. The summed E-state index contributed by atoms with van der Waals surface area (Å²) in [5, 5.41) is 9.14. The smallest absolute Gasteiger partial charge is 0.0572 e. The van der Waals surface area contributed by atoms with Gasteiger partial charge in [0.1, 0.15) is 0 Å². The van der Waals surface area contributed by atoms with E-state index in [1.165, 1.54) is 5.57 Å². The molecule has 1 heteroatoms. The average molecular weight is 154 g/mol. The van der Waals surface area contributed by atoms with Crippen molar-refractivity contribution in [2.45, 2.75) is 33.8 Å². The molecule has 0 aliphatic carbocycles. The highest BCUT2D eigenvalue weighted by atomic mass is 16.3. The summed E-state index contributed by atoms with van der Waals surface area (Å²) in [7, 11) is 0. The van der Waals surface area contributed by atoms with Gasteiger partial charge in [0.2, 0.25) is 0 Å². The molecule has 0 heterocycles. The molecule has 0 aromatic carbocycles. The van der Waals surface area contributed by atoms with Crippen LogP contribution in [0.3, 0.4) is 0 Å². The quantitative estimate of drug-likeness (QED) is 0.619. The molecule has 0 aliphatic rings. The molecule has 0 saturated carbocycles. The first-order chi connectivity index (χ1) is 5.07. The van der Waals surface area contributed by atoms with Crippen LogP contribution in [0.1, 0.15) is 27.7 Å². The van der Waals surface area contributed by atoms with Gasteiger partial charge in [-0.25, -0.2) is 0 Å². The van der Waals surface area contributed by atoms with Crippen LogP contribution in [0.4, 0.5) is 0 Å². The third-order valence-corrected chi connectivity index (χ3v) is 1.88. The van der Waals surface area contributed by atoms with Crippen LogP contribution in [0.15, 0.2) is 23.8 Å². The Kier molecular flexibility index (Phi) is 4.88. The van der Waals surface area contributed by atoms with E-state index in [1.54, 1.807) is 6.92 Å². The van der Waals surface area contributed by atoms with E-state index in [4.69, 9.17) is 5.11 Å². The molecule has 0 radical (unpaired) electrons. The summed E-state index contributed by atoms with van der Waals surface area (Å²) in [6.07, 6.45) is 5.86. The number of hydrogen-bond acceptors (Lipinski definition) is 1. The van der Waals surface area contributed by atoms with Gasteiger partial charge in [0.05, 0.1) is 6.10 Å². The SMILES string of the molecule is C/C=C(C)/C=C\[C@H](C)[C@@H](C)O. The fourth-order valence-corrected chi connectivity index (χ4v) is 0.561. The Morgan fingerprint density at radius 3 is 2.27 bits per heavy atom. The van der Waals surface area contributed by atoms with Gasteiger partial charge in [0, 0.05) is 0 Å². The van der Waals surface area contributed by atoms with Crippen LogP contribution in [0, 0.1) is 5.92 Å². The topological polar surface area (TPSA) is 20.2 Å². The van der Waals surface area contributed by atoms with Crippen molar-refractivity contribution >= 4 is 0 Å². The molecule has 0 fully saturated rings. The van der Waals surface area contributed by atoms with E-state index in [1.807, 2.05) is 39.0 Å². The van der Waals surface area contributed by atoms with Crippen molar-refractivity contribution in [2.24, 2.45) is 5.92 Å². The lowest BCUT2D eigenvalue weighted by atomic mass is 10.1. The molecule has 1 nitrogen and oxygen atoms in total. The molecule has 1 N–H and O–H groups in total. The average Bonchev–Trinajstić information content (AvgIpc) is 1.99. The van der Waals surface area contributed by atoms with Crippen molar-refractivity contribution < 1.29 is 5.11 Å². The van der Waals surface area contributed by atoms with Crippen molar-refractivity contribution in [1.29, 1.82) is 0 Å². The van der Waals surface area contributed by atoms with Crippen molar-refractivity contribution in [3.63, 3.8) is 0 Å². The standard InChI is InChI=1S/C10H18O/c1-5-8(2)6-7-9(3)10(4)11/h5-7,9-11H,1-4H3/b7-6-,8-5+/t9-,10+/m0/s1. The molecule has 0 aliphatic heterocycles. The number of allylic oxidation sites excluding steroid dienone is 3. The Morgan fingerprint density at radius 2 is 1.91 bits per heavy atom.